The number of hydrogen-bond donors (Lipinski definition) is 2. The van der Waals surface area contributed by atoms with Crippen molar-refractivity contribution in [1.29, 1.82) is 0 Å². The summed E-state index contributed by atoms with van der Waals surface area (Å²) in [5.41, 5.74) is 15.6. The number of aryl methyl sites for hydroxylation is 1. The summed E-state index contributed by atoms with van der Waals surface area (Å²) >= 11 is 0. The fraction of sp³-hybridized carbons (Fsp3) is 0.316. The standard InChI is InChI=1S/C19H23N3O/c1-13-7-9-15(10-8-13)18(21)19(23)22-11-16(17(20)12-22)14-5-3-2-4-6-14/h2-10,16-18H,11-12,20-21H2,1H3/t16-,17+,18?/m0/s1. The molecule has 4 N–H and O–H groups in total. The number of benzene rings is 2. The summed E-state index contributed by atoms with van der Waals surface area (Å²) in [5, 5.41) is 0. The summed E-state index contributed by atoms with van der Waals surface area (Å²) < 4.78 is 0. The summed E-state index contributed by atoms with van der Waals surface area (Å²) in [5.74, 6) is 0.119. The van der Waals surface area contributed by atoms with Crippen molar-refractivity contribution in [2.45, 2.75) is 24.9 Å². The van der Waals surface area contributed by atoms with Gasteiger partial charge in [0, 0.05) is 25.0 Å². The highest BCUT2D eigenvalue weighted by Gasteiger charge is 2.35. The largest absolute Gasteiger partial charge is 0.339 e. The van der Waals surface area contributed by atoms with E-state index in [-0.39, 0.29) is 17.9 Å². The number of carbonyl (C=O) groups excluding carboxylic acids is 1. The molecule has 2 aromatic rings. The molecule has 0 radical (unpaired) electrons. The van der Waals surface area contributed by atoms with Crippen molar-refractivity contribution >= 4 is 5.91 Å². The molecule has 0 aliphatic carbocycles. The average Bonchev–Trinajstić information content (AvgIpc) is 2.97. The van der Waals surface area contributed by atoms with E-state index in [0.717, 1.165) is 11.1 Å². The Hall–Kier alpha value is -2.17. The lowest BCUT2D eigenvalue weighted by Crippen LogP contribution is -2.38. The van der Waals surface area contributed by atoms with E-state index in [4.69, 9.17) is 11.5 Å². The van der Waals surface area contributed by atoms with Gasteiger partial charge in [-0.1, -0.05) is 60.2 Å². The summed E-state index contributed by atoms with van der Waals surface area (Å²) in [6.07, 6.45) is 0. The van der Waals surface area contributed by atoms with Crippen molar-refractivity contribution in [3.63, 3.8) is 0 Å². The number of carbonyl (C=O) groups is 1. The molecule has 1 amide bonds. The molecule has 0 saturated carbocycles. The molecule has 1 aliphatic rings. The molecular weight excluding hydrogens is 286 g/mol. The molecule has 3 rings (SSSR count). The zero-order valence-corrected chi connectivity index (χ0v) is 13.4. The summed E-state index contributed by atoms with van der Waals surface area (Å²) in [7, 11) is 0. The van der Waals surface area contributed by atoms with E-state index in [1.165, 1.54) is 5.56 Å². The Bertz CT molecular complexity index is 669. The normalized spacial score (nSPS) is 22.1. The third-order valence-electron chi connectivity index (χ3n) is 4.61. The van der Waals surface area contributed by atoms with Crippen molar-refractivity contribution in [1.82, 2.24) is 4.90 Å². The van der Waals surface area contributed by atoms with Gasteiger partial charge in [-0.2, -0.15) is 0 Å². The van der Waals surface area contributed by atoms with Crippen LogP contribution in [0, 0.1) is 6.92 Å². The number of likely N-dealkylation sites (tertiary alicyclic amines) is 1. The lowest BCUT2D eigenvalue weighted by molar-refractivity contribution is -0.131. The first-order valence-corrected chi connectivity index (χ1v) is 7.97. The zero-order valence-electron chi connectivity index (χ0n) is 13.4. The van der Waals surface area contributed by atoms with Gasteiger partial charge in [0.2, 0.25) is 5.91 Å². The van der Waals surface area contributed by atoms with Crippen LogP contribution in [0.5, 0.6) is 0 Å². The van der Waals surface area contributed by atoms with Gasteiger partial charge < -0.3 is 16.4 Å². The second-order valence-corrected chi connectivity index (χ2v) is 6.31. The number of nitrogens with zero attached hydrogens (tertiary/aromatic N) is 1. The second-order valence-electron chi connectivity index (χ2n) is 6.31. The minimum Gasteiger partial charge on any atom is -0.339 e. The van der Waals surface area contributed by atoms with Crippen molar-refractivity contribution in [2.24, 2.45) is 11.5 Å². The molecule has 0 aromatic heterocycles. The molecule has 1 saturated heterocycles. The highest BCUT2D eigenvalue weighted by atomic mass is 16.2. The molecule has 1 heterocycles. The van der Waals surface area contributed by atoms with Gasteiger partial charge in [0.25, 0.3) is 0 Å². The number of nitrogens with two attached hydrogens (primary N) is 2. The Labute approximate surface area is 137 Å². The summed E-state index contributed by atoms with van der Waals surface area (Å²) in [6, 6.07) is 17.2. The first kappa shape index (κ1) is 15.7. The number of hydrogen-bond acceptors (Lipinski definition) is 3. The monoisotopic (exact) mass is 309 g/mol. The molecular formula is C19H23N3O. The molecule has 4 nitrogen and oxygen atoms in total. The number of rotatable bonds is 3. The minimum absolute atomic E-state index is 0.0495. The Morgan fingerprint density at radius 2 is 1.74 bits per heavy atom. The lowest BCUT2D eigenvalue weighted by atomic mass is 9.95. The Kier molecular flexibility index (Phi) is 4.46. The zero-order chi connectivity index (χ0) is 16.4. The van der Waals surface area contributed by atoms with Crippen LogP contribution in [0.3, 0.4) is 0 Å². The molecule has 1 unspecified atom stereocenters. The van der Waals surface area contributed by atoms with Crippen LogP contribution >= 0.6 is 0 Å². The first-order valence-electron chi connectivity index (χ1n) is 7.97. The summed E-state index contributed by atoms with van der Waals surface area (Å²) in [6.45, 7) is 3.20. The quantitative estimate of drug-likeness (QED) is 0.910. The van der Waals surface area contributed by atoms with Crippen molar-refractivity contribution < 1.29 is 4.79 Å². The molecule has 4 heteroatoms. The molecule has 23 heavy (non-hydrogen) atoms. The third-order valence-corrected chi connectivity index (χ3v) is 4.61. The van der Waals surface area contributed by atoms with Gasteiger partial charge in [-0.05, 0) is 18.1 Å². The molecule has 1 fully saturated rings. The Morgan fingerprint density at radius 3 is 2.39 bits per heavy atom. The number of amides is 1. The topological polar surface area (TPSA) is 72.4 Å². The molecule has 3 atom stereocenters. The van der Waals surface area contributed by atoms with Gasteiger partial charge in [0.1, 0.15) is 6.04 Å². The van der Waals surface area contributed by atoms with E-state index in [1.807, 2.05) is 49.4 Å². The summed E-state index contributed by atoms with van der Waals surface area (Å²) in [4.78, 5) is 14.5. The van der Waals surface area contributed by atoms with Gasteiger partial charge in [-0.3, -0.25) is 4.79 Å². The highest BCUT2D eigenvalue weighted by molar-refractivity contribution is 5.83. The van der Waals surface area contributed by atoms with Crippen LogP contribution in [-0.2, 0) is 4.79 Å². The third kappa shape index (κ3) is 3.28. The van der Waals surface area contributed by atoms with Gasteiger partial charge >= 0.3 is 0 Å². The van der Waals surface area contributed by atoms with Gasteiger partial charge in [0.15, 0.2) is 0 Å². The fourth-order valence-electron chi connectivity index (χ4n) is 3.17. The Morgan fingerprint density at radius 1 is 1.09 bits per heavy atom. The van der Waals surface area contributed by atoms with Gasteiger partial charge in [-0.15, -0.1) is 0 Å². The van der Waals surface area contributed by atoms with Crippen LogP contribution in [0.2, 0.25) is 0 Å². The highest BCUT2D eigenvalue weighted by Crippen LogP contribution is 2.28. The molecule has 0 bridgehead atoms. The minimum atomic E-state index is -0.627. The van der Waals surface area contributed by atoms with E-state index < -0.39 is 6.04 Å². The maximum atomic E-state index is 12.7. The van der Waals surface area contributed by atoms with E-state index in [2.05, 4.69) is 12.1 Å². The smallest absolute Gasteiger partial charge is 0.244 e. The van der Waals surface area contributed by atoms with Crippen LogP contribution < -0.4 is 11.5 Å². The van der Waals surface area contributed by atoms with E-state index in [0.29, 0.717) is 13.1 Å². The van der Waals surface area contributed by atoms with Gasteiger partial charge in [-0.25, -0.2) is 0 Å². The molecule has 1 aliphatic heterocycles. The van der Waals surface area contributed by atoms with Crippen LogP contribution in [0.15, 0.2) is 54.6 Å². The maximum Gasteiger partial charge on any atom is 0.244 e. The van der Waals surface area contributed by atoms with Crippen LogP contribution in [0.1, 0.15) is 28.7 Å². The van der Waals surface area contributed by atoms with Crippen molar-refractivity contribution in [3.05, 3.63) is 71.3 Å². The van der Waals surface area contributed by atoms with Crippen LogP contribution in [0.25, 0.3) is 0 Å². The molecule has 120 valence electrons. The first-order chi connectivity index (χ1) is 11.1. The lowest BCUT2D eigenvalue weighted by Gasteiger charge is -2.21. The maximum absolute atomic E-state index is 12.7. The van der Waals surface area contributed by atoms with Crippen molar-refractivity contribution in [2.75, 3.05) is 13.1 Å². The van der Waals surface area contributed by atoms with E-state index in [1.54, 1.807) is 4.90 Å². The Balaban J connectivity index is 1.72. The van der Waals surface area contributed by atoms with Crippen LogP contribution in [0.4, 0.5) is 0 Å². The average molecular weight is 309 g/mol. The van der Waals surface area contributed by atoms with Crippen molar-refractivity contribution in [3.8, 4) is 0 Å². The predicted molar refractivity (Wildman–Crippen MR) is 91.8 cm³/mol. The fourth-order valence-corrected chi connectivity index (χ4v) is 3.17. The second kappa shape index (κ2) is 6.52. The van der Waals surface area contributed by atoms with Gasteiger partial charge in [0.05, 0.1) is 0 Å². The van der Waals surface area contributed by atoms with Crippen LogP contribution in [-0.4, -0.2) is 29.9 Å². The van der Waals surface area contributed by atoms with E-state index >= 15 is 0 Å². The molecule has 0 spiro atoms. The predicted octanol–water partition coefficient (Wildman–Crippen LogP) is 1.95. The van der Waals surface area contributed by atoms with E-state index in [9.17, 15) is 4.79 Å². The molecule has 2 aromatic carbocycles. The SMILES string of the molecule is Cc1ccc(C(N)C(=O)N2C[C@@H](N)[C@H](c3ccccc3)C2)cc1.